The van der Waals surface area contributed by atoms with Crippen LogP contribution in [0, 0.1) is 12.3 Å². The lowest BCUT2D eigenvalue weighted by Gasteiger charge is -2.04. The zero-order chi connectivity index (χ0) is 10.4. The maximum absolute atomic E-state index is 11.2. The summed E-state index contributed by atoms with van der Waals surface area (Å²) in [5, 5.41) is 0. The Morgan fingerprint density at radius 3 is 2.50 bits per heavy atom. The van der Waals surface area contributed by atoms with Crippen LogP contribution in [0.3, 0.4) is 0 Å². The van der Waals surface area contributed by atoms with Crippen LogP contribution in [0.1, 0.15) is 6.42 Å². The molecular formula is C10H10O3S. The SMILES string of the molecule is C#CCCS(=O)(=O)Oc1ccccc1. The minimum atomic E-state index is -3.54. The van der Waals surface area contributed by atoms with Crippen molar-refractivity contribution in [1.29, 1.82) is 0 Å². The van der Waals surface area contributed by atoms with E-state index in [0.717, 1.165) is 0 Å². The van der Waals surface area contributed by atoms with Crippen molar-refractivity contribution in [3.05, 3.63) is 30.3 Å². The third kappa shape index (κ3) is 3.50. The molecule has 1 rings (SSSR count). The van der Waals surface area contributed by atoms with Gasteiger partial charge in [-0.25, -0.2) is 0 Å². The second-order valence-electron chi connectivity index (χ2n) is 2.61. The minimum Gasteiger partial charge on any atom is -0.382 e. The van der Waals surface area contributed by atoms with Gasteiger partial charge >= 0.3 is 10.1 Å². The number of terminal acetylenes is 1. The maximum atomic E-state index is 11.2. The quantitative estimate of drug-likeness (QED) is 0.557. The lowest BCUT2D eigenvalue weighted by Crippen LogP contribution is -2.13. The molecule has 0 saturated carbocycles. The molecule has 1 aromatic rings. The van der Waals surface area contributed by atoms with Crippen molar-refractivity contribution >= 4 is 10.1 Å². The largest absolute Gasteiger partial charge is 0.382 e. The van der Waals surface area contributed by atoms with Crippen molar-refractivity contribution in [3.63, 3.8) is 0 Å². The Morgan fingerprint density at radius 2 is 1.93 bits per heavy atom. The van der Waals surface area contributed by atoms with Gasteiger partial charge in [0.15, 0.2) is 0 Å². The molecule has 0 aliphatic heterocycles. The summed E-state index contributed by atoms with van der Waals surface area (Å²) < 4.78 is 27.3. The van der Waals surface area contributed by atoms with E-state index in [2.05, 4.69) is 5.92 Å². The summed E-state index contributed by atoms with van der Waals surface area (Å²) in [4.78, 5) is 0. The molecule has 0 N–H and O–H groups in total. The van der Waals surface area contributed by atoms with Gasteiger partial charge in [0.05, 0.1) is 5.75 Å². The van der Waals surface area contributed by atoms with Crippen LogP contribution in [0.15, 0.2) is 30.3 Å². The van der Waals surface area contributed by atoms with E-state index in [1.165, 1.54) is 0 Å². The molecule has 3 nitrogen and oxygen atoms in total. The van der Waals surface area contributed by atoms with Gasteiger partial charge in [-0.3, -0.25) is 0 Å². The lowest BCUT2D eigenvalue weighted by molar-refractivity contribution is 0.486. The molecule has 4 heteroatoms. The average molecular weight is 210 g/mol. The number of benzene rings is 1. The van der Waals surface area contributed by atoms with Crippen molar-refractivity contribution in [2.75, 3.05) is 5.75 Å². The van der Waals surface area contributed by atoms with E-state index in [4.69, 9.17) is 10.6 Å². The number of para-hydroxylation sites is 1. The van der Waals surface area contributed by atoms with E-state index < -0.39 is 10.1 Å². The van der Waals surface area contributed by atoms with Gasteiger partial charge < -0.3 is 4.18 Å². The molecule has 14 heavy (non-hydrogen) atoms. The molecule has 0 aliphatic carbocycles. The van der Waals surface area contributed by atoms with Crippen LogP contribution in [0.5, 0.6) is 5.75 Å². The molecule has 1 aromatic carbocycles. The third-order valence-electron chi connectivity index (χ3n) is 1.46. The van der Waals surface area contributed by atoms with Crippen LogP contribution in [-0.2, 0) is 10.1 Å². The molecule has 0 aromatic heterocycles. The molecule has 74 valence electrons. The van der Waals surface area contributed by atoms with Crippen LogP contribution >= 0.6 is 0 Å². The van der Waals surface area contributed by atoms with Crippen LogP contribution in [0.4, 0.5) is 0 Å². The Hall–Kier alpha value is -1.47. The Kier molecular flexibility index (Phi) is 3.55. The van der Waals surface area contributed by atoms with Crippen molar-refractivity contribution in [2.45, 2.75) is 6.42 Å². The Bertz CT molecular complexity index is 414. The Balaban J connectivity index is 2.66. The Morgan fingerprint density at radius 1 is 1.29 bits per heavy atom. The highest BCUT2D eigenvalue weighted by Gasteiger charge is 2.10. The van der Waals surface area contributed by atoms with E-state index in [9.17, 15) is 8.42 Å². The second kappa shape index (κ2) is 4.68. The van der Waals surface area contributed by atoms with E-state index in [1.54, 1.807) is 30.3 Å². The molecule has 0 fully saturated rings. The van der Waals surface area contributed by atoms with Crippen LogP contribution in [0.25, 0.3) is 0 Å². The monoisotopic (exact) mass is 210 g/mol. The minimum absolute atomic E-state index is 0.154. The molecular weight excluding hydrogens is 200 g/mol. The van der Waals surface area contributed by atoms with Crippen LogP contribution < -0.4 is 4.18 Å². The van der Waals surface area contributed by atoms with Crippen LogP contribution in [-0.4, -0.2) is 14.2 Å². The smallest absolute Gasteiger partial charge is 0.310 e. The molecule has 0 saturated heterocycles. The summed E-state index contributed by atoms with van der Waals surface area (Å²) in [5.74, 6) is 2.41. The van der Waals surface area contributed by atoms with Gasteiger partial charge in [0.25, 0.3) is 0 Å². The fourth-order valence-electron chi connectivity index (χ4n) is 0.848. The molecule has 0 heterocycles. The summed E-state index contributed by atoms with van der Waals surface area (Å²) in [6, 6.07) is 8.33. The summed E-state index contributed by atoms with van der Waals surface area (Å²) in [6.07, 6.45) is 5.12. The van der Waals surface area contributed by atoms with E-state index in [1.807, 2.05) is 0 Å². The van der Waals surface area contributed by atoms with Gasteiger partial charge in [0.2, 0.25) is 0 Å². The van der Waals surface area contributed by atoms with Crippen molar-refractivity contribution < 1.29 is 12.6 Å². The third-order valence-corrected chi connectivity index (χ3v) is 2.61. The molecule has 0 aliphatic rings. The highest BCUT2D eigenvalue weighted by Crippen LogP contribution is 2.11. The molecule has 0 spiro atoms. The molecule has 0 amide bonds. The number of rotatable bonds is 4. The molecule has 0 radical (unpaired) electrons. The van der Waals surface area contributed by atoms with Gasteiger partial charge in [0.1, 0.15) is 5.75 Å². The molecule has 0 atom stereocenters. The molecule has 0 unspecified atom stereocenters. The van der Waals surface area contributed by atoms with Crippen molar-refractivity contribution in [3.8, 4) is 18.1 Å². The first-order valence-electron chi connectivity index (χ1n) is 4.05. The summed E-state index contributed by atoms with van der Waals surface area (Å²) in [7, 11) is -3.54. The Labute approximate surface area is 83.8 Å². The van der Waals surface area contributed by atoms with Gasteiger partial charge in [-0.2, -0.15) is 8.42 Å². The zero-order valence-corrected chi connectivity index (χ0v) is 8.33. The van der Waals surface area contributed by atoms with Crippen LogP contribution in [0.2, 0.25) is 0 Å². The van der Waals surface area contributed by atoms with E-state index in [-0.39, 0.29) is 12.2 Å². The maximum Gasteiger partial charge on any atom is 0.310 e. The topological polar surface area (TPSA) is 43.4 Å². The first-order chi connectivity index (χ1) is 6.64. The number of hydrogen-bond acceptors (Lipinski definition) is 3. The summed E-state index contributed by atoms with van der Waals surface area (Å²) in [6.45, 7) is 0. The zero-order valence-electron chi connectivity index (χ0n) is 7.51. The number of hydrogen-bond donors (Lipinski definition) is 0. The molecule has 0 bridgehead atoms. The van der Waals surface area contributed by atoms with Gasteiger partial charge in [-0.05, 0) is 12.1 Å². The van der Waals surface area contributed by atoms with Gasteiger partial charge in [-0.15, -0.1) is 12.3 Å². The predicted octanol–water partition coefficient (Wildman–Crippen LogP) is 1.42. The standard InChI is InChI=1S/C10H10O3S/c1-2-3-9-14(11,12)13-10-7-5-4-6-8-10/h1,4-8H,3,9H2. The van der Waals surface area contributed by atoms with Gasteiger partial charge in [-0.1, -0.05) is 18.2 Å². The highest BCUT2D eigenvalue weighted by molar-refractivity contribution is 7.87. The fourth-order valence-corrected chi connectivity index (χ4v) is 1.70. The second-order valence-corrected chi connectivity index (χ2v) is 4.30. The summed E-state index contributed by atoms with van der Waals surface area (Å²) in [5.41, 5.74) is 0. The van der Waals surface area contributed by atoms with E-state index >= 15 is 0 Å². The predicted molar refractivity (Wildman–Crippen MR) is 54.3 cm³/mol. The average Bonchev–Trinajstić information content (AvgIpc) is 2.16. The first-order valence-corrected chi connectivity index (χ1v) is 5.62. The van der Waals surface area contributed by atoms with Gasteiger partial charge in [0, 0.05) is 6.42 Å². The van der Waals surface area contributed by atoms with Crippen molar-refractivity contribution in [2.24, 2.45) is 0 Å². The first kappa shape index (κ1) is 10.6. The van der Waals surface area contributed by atoms with Crippen molar-refractivity contribution in [1.82, 2.24) is 0 Å². The van der Waals surface area contributed by atoms with E-state index in [0.29, 0.717) is 5.75 Å². The summed E-state index contributed by atoms with van der Waals surface area (Å²) >= 11 is 0. The highest BCUT2D eigenvalue weighted by atomic mass is 32.2. The normalized spacial score (nSPS) is 10.5. The fraction of sp³-hybridized carbons (Fsp3) is 0.200. The lowest BCUT2D eigenvalue weighted by atomic mass is 10.3.